The second-order valence-electron chi connectivity index (χ2n) is 7.63. The predicted molar refractivity (Wildman–Crippen MR) is 120 cm³/mol. The Hall–Kier alpha value is -4.14. The van der Waals surface area contributed by atoms with Crippen LogP contribution in [0.4, 0.5) is 5.69 Å². The maximum Gasteiger partial charge on any atom is 0.343 e. The summed E-state index contributed by atoms with van der Waals surface area (Å²) in [6.45, 7) is 7.08. The number of aryl methyl sites for hydroxylation is 4. The average Bonchev–Trinajstić information content (AvgIpc) is 3.33. The molecular formula is C24H23N3O6. The third-order valence-corrected chi connectivity index (χ3v) is 5.21. The highest BCUT2D eigenvalue weighted by atomic mass is 16.6. The molecule has 0 fully saturated rings. The van der Waals surface area contributed by atoms with Crippen LogP contribution in [0.5, 0.6) is 5.75 Å². The first kappa shape index (κ1) is 22.1. The van der Waals surface area contributed by atoms with Crippen molar-refractivity contribution in [3.63, 3.8) is 0 Å². The molecule has 0 bridgehead atoms. The standard InChI is InChI=1S/C24H23N3O6/c1-12-8-16(31-11-21(28)30-5)6-7-19(12)25-23(29)18-10-20(17-9-13(2)32-15(17)4)26-24-22(18)14(3)27-33-24/h6-10H,11H2,1-5H3,(H,25,29). The summed E-state index contributed by atoms with van der Waals surface area (Å²) in [4.78, 5) is 29.1. The minimum atomic E-state index is -0.477. The molecule has 4 aromatic rings. The summed E-state index contributed by atoms with van der Waals surface area (Å²) in [6.07, 6.45) is 0. The van der Waals surface area contributed by atoms with E-state index in [1.165, 1.54) is 7.11 Å². The number of esters is 1. The maximum atomic E-state index is 13.3. The SMILES string of the molecule is COC(=O)COc1ccc(NC(=O)c2cc(-c3cc(C)oc3C)nc3onc(C)c23)c(C)c1. The molecule has 170 valence electrons. The quantitative estimate of drug-likeness (QED) is 0.427. The van der Waals surface area contributed by atoms with Crippen LogP contribution in [0.15, 0.2) is 39.3 Å². The summed E-state index contributed by atoms with van der Waals surface area (Å²) in [5, 5.41) is 7.46. The number of methoxy groups -OCH3 is 1. The molecule has 0 saturated carbocycles. The number of nitrogens with zero attached hydrogens (tertiary/aromatic N) is 2. The molecular weight excluding hydrogens is 426 g/mol. The molecule has 0 atom stereocenters. The van der Waals surface area contributed by atoms with Gasteiger partial charge in [-0.1, -0.05) is 5.16 Å². The smallest absolute Gasteiger partial charge is 0.343 e. The van der Waals surface area contributed by atoms with Crippen LogP contribution < -0.4 is 10.1 Å². The second kappa shape index (κ2) is 8.78. The Balaban J connectivity index is 1.66. The van der Waals surface area contributed by atoms with Crippen LogP contribution in [0.1, 0.15) is 33.1 Å². The van der Waals surface area contributed by atoms with Crippen molar-refractivity contribution >= 4 is 28.7 Å². The van der Waals surface area contributed by atoms with Crippen LogP contribution in [-0.2, 0) is 9.53 Å². The first-order valence-electron chi connectivity index (χ1n) is 10.2. The summed E-state index contributed by atoms with van der Waals surface area (Å²) in [6, 6.07) is 8.69. The minimum Gasteiger partial charge on any atom is -0.482 e. The molecule has 0 aliphatic carbocycles. The van der Waals surface area contributed by atoms with E-state index in [1.54, 1.807) is 31.2 Å². The summed E-state index contributed by atoms with van der Waals surface area (Å²) in [5.41, 5.74) is 3.93. The highest BCUT2D eigenvalue weighted by molar-refractivity contribution is 6.13. The molecule has 0 unspecified atom stereocenters. The number of benzene rings is 1. The fourth-order valence-electron chi connectivity index (χ4n) is 3.55. The van der Waals surface area contributed by atoms with Crippen LogP contribution in [-0.4, -0.2) is 35.7 Å². The van der Waals surface area contributed by atoms with E-state index in [2.05, 4.69) is 20.2 Å². The van der Waals surface area contributed by atoms with Crippen LogP contribution in [0.2, 0.25) is 0 Å². The zero-order valence-electron chi connectivity index (χ0n) is 18.9. The molecule has 33 heavy (non-hydrogen) atoms. The zero-order chi connectivity index (χ0) is 23.7. The number of anilines is 1. The van der Waals surface area contributed by atoms with Crippen LogP contribution in [0, 0.1) is 27.7 Å². The van der Waals surface area contributed by atoms with Crippen LogP contribution >= 0.6 is 0 Å². The van der Waals surface area contributed by atoms with E-state index in [4.69, 9.17) is 13.7 Å². The Labute approximate surface area is 189 Å². The topological polar surface area (TPSA) is 117 Å². The number of carbonyl (C=O) groups is 2. The Kier molecular flexibility index (Phi) is 5.87. The van der Waals surface area contributed by atoms with Gasteiger partial charge < -0.3 is 23.7 Å². The molecule has 0 saturated heterocycles. The number of carbonyl (C=O) groups excluding carboxylic acids is 2. The lowest BCUT2D eigenvalue weighted by Crippen LogP contribution is -2.15. The fraction of sp³-hybridized carbons (Fsp3) is 0.250. The van der Waals surface area contributed by atoms with Crippen molar-refractivity contribution < 1.29 is 28.0 Å². The Morgan fingerprint density at radius 1 is 1.09 bits per heavy atom. The maximum absolute atomic E-state index is 13.3. The Bertz CT molecular complexity index is 1370. The number of furan rings is 1. The van der Waals surface area contributed by atoms with Gasteiger partial charge in [0.2, 0.25) is 0 Å². The molecule has 3 heterocycles. The van der Waals surface area contributed by atoms with Crippen molar-refractivity contribution in [1.29, 1.82) is 0 Å². The highest BCUT2D eigenvalue weighted by Crippen LogP contribution is 2.31. The van der Waals surface area contributed by atoms with Crippen molar-refractivity contribution in [2.24, 2.45) is 0 Å². The van der Waals surface area contributed by atoms with E-state index in [-0.39, 0.29) is 18.2 Å². The molecule has 1 aromatic carbocycles. The number of fused-ring (bicyclic) bond motifs is 1. The number of rotatable bonds is 6. The van der Waals surface area contributed by atoms with Gasteiger partial charge in [-0.25, -0.2) is 9.78 Å². The van der Waals surface area contributed by atoms with Crippen molar-refractivity contribution in [2.75, 3.05) is 19.0 Å². The van der Waals surface area contributed by atoms with Crippen LogP contribution in [0.25, 0.3) is 22.4 Å². The van der Waals surface area contributed by atoms with E-state index < -0.39 is 5.97 Å². The monoisotopic (exact) mass is 449 g/mol. The molecule has 3 aromatic heterocycles. The van der Waals surface area contributed by atoms with Gasteiger partial charge in [-0.3, -0.25) is 4.79 Å². The van der Waals surface area contributed by atoms with Gasteiger partial charge in [0.05, 0.1) is 29.4 Å². The van der Waals surface area contributed by atoms with E-state index >= 15 is 0 Å². The lowest BCUT2D eigenvalue weighted by atomic mass is 10.0. The van der Waals surface area contributed by atoms with E-state index in [9.17, 15) is 9.59 Å². The Morgan fingerprint density at radius 3 is 2.55 bits per heavy atom. The van der Waals surface area contributed by atoms with Crippen molar-refractivity contribution in [3.8, 4) is 17.0 Å². The number of pyridine rings is 1. The van der Waals surface area contributed by atoms with Gasteiger partial charge in [-0.15, -0.1) is 0 Å². The number of aromatic nitrogens is 2. The molecule has 1 N–H and O–H groups in total. The normalized spacial score (nSPS) is 10.9. The molecule has 0 aliphatic heterocycles. The third kappa shape index (κ3) is 4.43. The third-order valence-electron chi connectivity index (χ3n) is 5.21. The van der Waals surface area contributed by atoms with E-state index in [0.29, 0.717) is 39.5 Å². The lowest BCUT2D eigenvalue weighted by Gasteiger charge is -2.12. The van der Waals surface area contributed by atoms with Gasteiger partial charge in [-0.05, 0) is 63.6 Å². The molecule has 0 radical (unpaired) electrons. The number of hydrogen-bond acceptors (Lipinski definition) is 8. The number of amides is 1. The van der Waals surface area contributed by atoms with Crippen molar-refractivity contribution in [3.05, 3.63) is 58.7 Å². The molecule has 1 amide bonds. The highest BCUT2D eigenvalue weighted by Gasteiger charge is 2.21. The lowest BCUT2D eigenvalue weighted by molar-refractivity contribution is -0.142. The predicted octanol–water partition coefficient (Wildman–Crippen LogP) is 4.52. The number of nitrogens with one attached hydrogen (secondary N) is 1. The largest absolute Gasteiger partial charge is 0.482 e. The first-order valence-corrected chi connectivity index (χ1v) is 10.2. The van der Waals surface area contributed by atoms with Gasteiger partial charge in [0.25, 0.3) is 11.6 Å². The first-order chi connectivity index (χ1) is 15.8. The molecule has 4 rings (SSSR count). The number of hydrogen-bond donors (Lipinski definition) is 1. The van der Waals surface area contributed by atoms with Gasteiger partial charge in [0, 0.05) is 11.3 Å². The summed E-state index contributed by atoms with van der Waals surface area (Å²) >= 11 is 0. The molecule has 0 spiro atoms. The minimum absolute atomic E-state index is 0.195. The molecule has 0 aliphatic rings. The van der Waals surface area contributed by atoms with E-state index in [0.717, 1.165) is 16.9 Å². The van der Waals surface area contributed by atoms with Gasteiger partial charge in [0.15, 0.2) is 6.61 Å². The second-order valence-corrected chi connectivity index (χ2v) is 7.63. The summed E-state index contributed by atoms with van der Waals surface area (Å²) in [7, 11) is 1.29. The fourth-order valence-corrected chi connectivity index (χ4v) is 3.55. The van der Waals surface area contributed by atoms with Crippen molar-refractivity contribution in [2.45, 2.75) is 27.7 Å². The summed E-state index contributed by atoms with van der Waals surface area (Å²) in [5.74, 6) is 1.12. The average molecular weight is 449 g/mol. The van der Waals surface area contributed by atoms with Gasteiger partial charge in [0.1, 0.15) is 17.3 Å². The van der Waals surface area contributed by atoms with Crippen molar-refractivity contribution in [1.82, 2.24) is 10.1 Å². The van der Waals surface area contributed by atoms with Gasteiger partial charge >= 0.3 is 5.97 Å². The van der Waals surface area contributed by atoms with Crippen LogP contribution in [0.3, 0.4) is 0 Å². The van der Waals surface area contributed by atoms with E-state index in [1.807, 2.05) is 26.8 Å². The Morgan fingerprint density at radius 2 is 1.88 bits per heavy atom. The molecule has 9 nitrogen and oxygen atoms in total. The molecule has 9 heteroatoms. The zero-order valence-corrected chi connectivity index (χ0v) is 18.9. The number of ether oxygens (including phenoxy) is 2. The van der Waals surface area contributed by atoms with Gasteiger partial charge in [-0.2, -0.15) is 0 Å². The summed E-state index contributed by atoms with van der Waals surface area (Å²) < 4.78 is 21.0.